The molecule has 0 saturated heterocycles. The molecule has 0 rings (SSSR count). The molecule has 2 unspecified atom stereocenters. The predicted octanol–water partition coefficient (Wildman–Crippen LogP) is 2.89. The number of hydrogen-bond acceptors (Lipinski definition) is 3. The number of carbonyl (C=O) groups is 1. The third-order valence-electron chi connectivity index (χ3n) is 2.50. The van der Waals surface area contributed by atoms with Crippen molar-refractivity contribution in [2.75, 3.05) is 0 Å². The molecule has 3 heteroatoms. The van der Waals surface area contributed by atoms with Crippen molar-refractivity contribution in [3.63, 3.8) is 0 Å². The molecule has 0 aromatic carbocycles. The van der Waals surface area contributed by atoms with Gasteiger partial charge in [-0.25, -0.2) is 4.79 Å². The predicted molar refractivity (Wildman–Crippen MR) is 64.8 cm³/mol. The Hall–Kier alpha value is -0.830. The Morgan fingerprint density at radius 3 is 2.50 bits per heavy atom. The maximum absolute atomic E-state index is 10.8. The van der Waals surface area contributed by atoms with E-state index >= 15 is 0 Å². The van der Waals surface area contributed by atoms with E-state index in [1.54, 1.807) is 0 Å². The maximum atomic E-state index is 10.8. The second kappa shape index (κ2) is 8.34. The quantitative estimate of drug-likeness (QED) is 0.395. The van der Waals surface area contributed by atoms with E-state index in [0.29, 0.717) is 12.3 Å². The highest BCUT2D eigenvalue weighted by Gasteiger charge is 2.13. The first-order chi connectivity index (χ1) is 7.45. The molecule has 0 saturated carbocycles. The van der Waals surface area contributed by atoms with Gasteiger partial charge in [-0.15, -0.1) is 0 Å². The molecule has 0 aromatic rings. The molecule has 94 valence electrons. The van der Waals surface area contributed by atoms with Gasteiger partial charge in [0.1, 0.15) is 0 Å². The lowest BCUT2D eigenvalue weighted by atomic mass is 9.97. The number of aliphatic hydroxyl groups is 1. The van der Waals surface area contributed by atoms with Gasteiger partial charge in [0.2, 0.25) is 6.29 Å². The van der Waals surface area contributed by atoms with Crippen LogP contribution in [-0.4, -0.2) is 17.4 Å². The standard InChI is InChI=1S/C13H24O3/c1-5-12(14)16-13(15)9-11(4)8-6-7-10(2)3/h5,10-11,13,15H,1,6-9H2,2-4H3. The van der Waals surface area contributed by atoms with Crippen LogP contribution in [0.3, 0.4) is 0 Å². The molecule has 0 aromatic heterocycles. The SMILES string of the molecule is C=CC(=O)OC(O)CC(C)CCCC(C)C. The highest BCUT2D eigenvalue weighted by Crippen LogP contribution is 2.17. The number of rotatable bonds is 8. The fourth-order valence-electron chi connectivity index (χ4n) is 1.57. The van der Waals surface area contributed by atoms with Crippen molar-refractivity contribution >= 4 is 5.97 Å². The van der Waals surface area contributed by atoms with Crippen molar-refractivity contribution in [2.24, 2.45) is 11.8 Å². The topological polar surface area (TPSA) is 46.5 Å². The largest absolute Gasteiger partial charge is 0.433 e. The summed E-state index contributed by atoms with van der Waals surface area (Å²) in [5, 5.41) is 9.44. The molecule has 0 aliphatic heterocycles. The van der Waals surface area contributed by atoms with Crippen LogP contribution in [-0.2, 0) is 9.53 Å². The Morgan fingerprint density at radius 1 is 1.38 bits per heavy atom. The Balaban J connectivity index is 3.65. The van der Waals surface area contributed by atoms with Gasteiger partial charge in [0.25, 0.3) is 0 Å². The van der Waals surface area contributed by atoms with E-state index in [1.165, 1.54) is 6.42 Å². The van der Waals surface area contributed by atoms with Crippen LogP contribution in [0.15, 0.2) is 12.7 Å². The zero-order valence-electron chi connectivity index (χ0n) is 10.6. The molecule has 0 radical (unpaired) electrons. The lowest BCUT2D eigenvalue weighted by Crippen LogP contribution is -2.19. The monoisotopic (exact) mass is 228 g/mol. The summed E-state index contributed by atoms with van der Waals surface area (Å²) in [5.41, 5.74) is 0. The third kappa shape index (κ3) is 8.48. The molecule has 1 N–H and O–H groups in total. The fraction of sp³-hybridized carbons (Fsp3) is 0.769. The zero-order valence-corrected chi connectivity index (χ0v) is 10.6. The van der Waals surface area contributed by atoms with Crippen LogP contribution in [0.25, 0.3) is 0 Å². The Morgan fingerprint density at radius 2 is 2.00 bits per heavy atom. The van der Waals surface area contributed by atoms with E-state index < -0.39 is 12.3 Å². The highest BCUT2D eigenvalue weighted by molar-refractivity contribution is 5.81. The van der Waals surface area contributed by atoms with Crippen LogP contribution in [0.1, 0.15) is 46.5 Å². The van der Waals surface area contributed by atoms with Crippen LogP contribution in [0.4, 0.5) is 0 Å². The molecule has 0 spiro atoms. The normalized spacial score (nSPS) is 14.6. The van der Waals surface area contributed by atoms with Gasteiger partial charge in [0.05, 0.1) is 0 Å². The van der Waals surface area contributed by atoms with Crippen molar-refractivity contribution in [1.82, 2.24) is 0 Å². The first-order valence-corrected chi connectivity index (χ1v) is 5.96. The van der Waals surface area contributed by atoms with E-state index in [4.69, 9.17) is 4.74 Å². The molecule has 0 bridgehead atoms. The Bertz CT molecular complexity index is 211. The van der Waals surface area contributed by atoms with Crippen molar-refractivity contribution in [3.8, 4) is 0 Å². The summed E-state index contributed by atoms with van der Waals surface area (Å²) in [6, 6.07) is 0. The molecule has 0 amide bonds. The zero-order chi connectivity index (χ0) is 12.6. The van der Waals surface area contributed by atoms with E-state index in [0.717, 1.165) is 24.8 Å². The fourth-order valence-corrected chi connectivity index (χ4v) is 1.57. The summed E-state index contributed by atoms with van der Waals surface area (Å²) in [4.78, 5) is 10.8. The second-order valence-electron chi connectivity index (χ2n) is 4.76. The van der Waals surface area contributed by atoms with Crippen LogP contribution < -0.4 is 0 Å². The molecule has 0 heterocycles. The second-order valence-corrected chi connectivity index (χ2v) is 4.76. The number of hydrogen-bond donors (Lipinski definition) is 1. The molecular weight excluding hydrogens is 204 g/mol. The van der Waals surface area contributed by atoms with Gasteiger partial charge in [0, 0.05) is 12.5 Å². The van der Waals surface area contributed by atoms with E-state index in [9.17, 15) is 9.90 Å². The molecular formula is C13H24O3. The summed E-state index contributed by atoms with van der Waals surface area (Å²) in [5.74, 6) is 0.518. The van der Waals surface area contributed by atoms with Gasteiger partial charge in [-0.3, -0.25) is 0 Å². The van der Waals surface area contributed by atoms with Crippen LogP contribution >= 0.6 is 0 Å². The maximum Gasteiger partial charge on any atom is 0.332 e. The van der Waals surface area contributed by atoms with Gasteiger partial charge in [-0.05, 0) is 11.8 Å². The van der Waals surface area contributed by atoms with Gasteiger partial charge in [0.15, 0.2) is 0 Å². The van der Waals surface area contributed by atoms with Gasteiger partial charge in [-0.1, -0.05) is 46.6 Å². The lowest BCUT2D eigenvalue weighted by molar-refractivity contribution is -0.164. The van der Waals surface area contributed by atoms with Crippen molar-refractivity contribution in [1.29, 1.82) is 0 Å². The Kier molecular flexibility index (Phi) is 7.90. The number of carbonyl (C=O) groups excluding carboxylic acids is 1. The van der Waals surface area contributed by atoms with Crippen molar-refractivity contribution in [2.45, 2.75) is 52.7 Å². The van der Waals surface area contributed by atoms with E-state index in [-0.39, 0.29) is 0 Å². The Labute approximate surface area is 98.5 Å². The van der Waals surface area contributed by atoms with E-state index in [1.807, 2.05) is 0 Å². The first kappa shape index (κ1) is 15.2. The van der Waals surface area contributed by atoms with Crippen LogP contribution in [0, 0.1) is 11.8 Å². The number of aliphatic hydroxyl groups excluding tert-OH is 1. The van der Waals surface area contributed by atoms with Crippen molar-refractivity contribution in [3.05, 3.63) is 12.7 Å². The molecule has 2 atom stereocenters. The van der Waals surface area contributed by atoms with Crippen molar-refractivity contribution < 1.29 is 14.6 Å². The summed E-state index contributed by atoms with van der Waals surface area (Å²) >= 11 is 0. The summed E-state index contributed by atoms with van der Waals surface area (Å²) < 4.78 is 4.70. The van der Waals surface area contributed by atoms with E-state index in [2.05, 4.69) is 27.4 Å². The third-order valence-corrected chi connectivity index (χ3v) is 2.50. The summed E-state index contributed by atoms with van der Waals surface area (Å²) in [6.45, 7) is 9.74. The molecule has 0 aliphatic carbocycles. The molecule has 0 fully saturated rings. The summed E-state index contributed by atoms with van der Waals surface area (Å²) in [6.07, 6.45) is 3.97. The highest BCUT2D eigenvalue weighted by atomic mass is 16.6. The number of esters is 1. The molecule has 0 aliphatic rings. The van der Waals surface area contributed by atoms with Crippen LogP contribution in [0.5, 0.6) is 0 Å². The van der Waals surface area contributed by atoms with Gasteiger partial charge in [-0.2, -0.15) is 0 Å². The summed E-state index contributed by atoms with van der Waals surface area (Å²) in [7, 11) is 0. The van der Waals surface area contributed by atoms with Gasteiger partial charge >= 0.3 is 5.97 Å². The minimum atomic E-state index is -1.00. The molecule has 16 heavy (non-hydrogen) atoms. The first-order valence-electron chi connectivity index (χ1n) is 5.96. The number of ether oxygens (including phenoxy) is 1. The average Bonchev–Trinajstić information content (AvgIpc) is 2.16. The smallest absolute Gasteiger partial charge is 0.332 e. The van der Waals surface area contributed by atoms with Gasteiger partial charge < -0.3 is 9.84 Å². The minimum absolute atomic E-state index is 0.367. The average molecular weight is 228 g/mol. The lowest BCUT2D eigenvalue weighted by Gasteiger charge is -2.16. The molecule has 3 nitrogen and oxygen atoms in total. The van der Waals surface area contributed by atoms with Crippen LogP contribution in [0.2, 0.25) is 0 Å². The minimum Gasteiger partial charge on any atom is -0.433 e.